The van der Waals surface area contributed by atoms with Gasteiger partial charge in [0.25, 0.3) is 15.9 Å². The number of carbonyl (C=O) groups is 1. The number of benzene rings is 3. The highest BCUT2D eigenvalue weighted by atomic mass is 35.5. The van der Waals surface area contributed by atoms with Crippen LogP contribution in [-0.4, -0.2) is 19.3 Å². The summed E-state index contributed by atoms with van der Waals surface area (Å²) in [6.07, 6.45) is 0. The third kappa shape index (κ3) is 4.55. The molecular formula is C22H18ClN3O4S. The molecule has 7 nitrogen and oxygen atoms in total. The third-order valence-corrected chi connectivity index (χ3v) is 6.22. The second kappa shape index (κ2) is 8.05. The lowest BCUT2D eigenvalue weighted by atomic mass is 10.2. The van der Waals surface area contributed by atoms with Gasteiger partial charge in [0.2, 0.25) is 0 Å². The van der Waals surface area contributed by atoms with Gasteiger partial charge in [0.15, 0.2) is 11.5 Å². The Morgan fingerprint density at radius 2 is 1.81 bits per heavy atom. The van der Waals surface area contributed by atoms with E-state index in [9.17, 15) is 13.2 Å². The van der Waals surface area contributed by atoms with Crippen molar-refractivity contribution in [2.75, 3.05) is 10.0 Å². The molecule has 2 N–H and O–H groups in total. The Morgan fingerprint density at radius 1 is 1.00 bits per heavy atom. The number of fused-ring (bicyclic) bond motifs is 1. The SMILES string of the molecule is Cc1cccc(NS(=O)(=O)c2ccc(Cl)c(C(=O)Nc3ccc4oc(C)nc4c3)c2)c1. The quantitative estimate of drug-likeness (QED) is 0.433. The summed E-state index contributed by atoms with van der Waals surface area (Å²) in [6, 6.07) is 16.0. The van der Waals surface area contributed by atoms with Crippen molar-refractivity contribution in [3.63, 3.8) is 0 Å². The number of anilines is 2. The number of sulfonamides is 1. The van der Waals surface area contributed by atoms with Crippen LogP contribution in [0.4, 0.5) is 11.4 Å². The fourth-order valence-electron chi connectivity index (χ4n) is 3.09. The van der Waals surface area contributed by atoms with Crippen molar-refractivity contribution in [2.24, 2.45) is 0 Å². The van der Waals surface area contributed by atoms with Gasteiger partial charge in [-0.2, -0.15) is 0 Å². The molecule has 4 aromatic rings. The van der Waals surface area contributed by atoms with Gasteiger partial charge in [-0.05, 0) is 61.0 Å². The van der Waals surface area contributed by atoms with Crippen molar-refractivity contribution in [3.05, 3.63) is 82.7 Å². The summed E-state index contributed by atoms with van der Waals surface area (Å²) < 4.78 is 33.5. The Bertz CT molecular complexity index is 1410. The van der Waals surface area contributed by atoms with Crippen LogP contribution in [0.1, 0.15) is 21.8 Å². The summed E-state index contributed by atoms with van der Waals surface area (Å²) >= 11 is 6.18. The molecule has 0 saturated heterocycles. The number of rotatable bonds is 5. The molecule has 0 unspecified atom stereocenters. The molecule has 3 aromatic carbocycles. The Hall–Kier alpha value is -3.36. The van der Waals surface area contributed by atoms with Crippen molar-refractivity contribution < 1.29 is 17.6 Å². The van der Waals surface area contributed by atoms with Crippen LogP contribution in [0.2, 0.25) is 5.02 Å². The molecule has 158 valence electrons. The second-order valence-electron chi connectivity index (χ2n) is 6.99. The van der Waals surface area contributed by atoms with E-state index in [1.807, 2.05) is 13.0 Å². The summed E-state index contributed by atoms with van der Waals surface area (Å²) in [4.78, 5) is 17.0. The molecule has 0 fully saturated rings. The van der Waals surface area contributed by atoms with E-state index >= 15 is 0 Å². The predicted octanol–water partition coefficient (Wildman–Crippen LogP) is 5.15. The van der Waals surface area contributed by atoms with E-state index in [1.54, 1.807) is 43.3 Å². The summed E-state index contributed by atoms with van der Waals surface area (Å²) in [5, 5.41) is 2.85. The third-order valence-electron chi connectivity index (χ3n) is 4.52. The number of hydrogen-bond donors (Lipinski definition) is 2. The van der Waals surface area contributed by atoms with Gasteiger partial charge in [-0.1, -0.05) is 23.7 Å². The Labute approximate surface area is 184 Å². The van der Waals surface area contributed by atoms with Gasteiger partial charge in [0.1, 0.15) is 5.52 Å². The Morgan fingerprint density at radius 3 is 2.58 bits per heavy atom. The smallest absolute Gasteiger partial charge is 0.261 e. The number of halogens is 1. The monoisotopic (exact) mass is 455 g/mol. The van der Waals surface area contributed by atoms with Crippen molar-refractivity contribution in [2.45, 2.75) is 18.7 Å². The van der Waals surface area contributed by atoms with Gasteiger partial charge in [-0.15, -0.1) is 0 Å². The average Bonchev–Trinajstić information content (AvgIpc) is 3.07. The molecule has 0 bridgehead atoms. The van der Waals surface area contributed by atoms with Crippen LogP contribution >= 0.6 is 11.6 Å². The Balaban J connectivity index is 1.60. The van der Waals surface area contributed by atoms with E-state index in [0.717, 1.165) is 5.56 Å². The molecule has 9 heteroatoms. The fourth-order valence-corrected chi connectivity index (χ4v) is 4.37. The molecule has 1 heterocycles. The lowest BCUT2D eigenvalue weighted by Crippen LogP contribution is -2.16. The zero-order valence-electron chi connectivity index (χ0n) is 16.6. The van der Waals surface area contributed by atoms with Crippen molar-refractivity contribution in [1.29, 1.82) is 0 Å². The van der Waals surface area contributed by atoms with E-state index in [1.165, 1.54) is 18.2 Å². The summed E-state index contributed by atoms with van der Waals surface area (Å²) in [6.45, 7) is 3.59. The maximum absolute atomic E-state index is 12.8. The minimum atomic E-state index is -3.91. The molecule has 4 rings (SSSR count). The van der Waals surface area contributed by atoms with Gasteiger partial charge in [0.05, 0.1) is 15.5 Å². The van der Waals surface area contributed by atoms with Crippen LogP contribution in [-0.2, 0) is 10.0 Å². The number of aromatic nitrogens is 1. The van der Waals surface area contributed by atoms with Crippen LogP contribution in [0.3, 0.4) is 0 Å². The van der Waals surface area contributed by atoms with E-state index in [4.69, 9.17) is 16.0 Å². The molecule has 0 atom stereocenters. The van der Waals surface area contributed by atoms with E-state index in [2.05, 4.69) is 15.0 Å². The van der Waals surface area contributed by atoms with Crippen LogP contribution in [0.25, 0.3) is 11.1 Å². The number of oxazole rings is 1. The van der Waals surface area contributed by atoms with E-state index in [-0.39, 0.29) is 15.5 Å². The largest absolute Gasteiger partial charge is 0.441 e. The molecule has 0 saturated carbocycles. The number of carbonyl (C=O) groups excluding carboxylic acids is 1. The van der Waals surface area contributed by atoms with E-state index < -0.39 is 15.9 Å². The number of hydrogen-bond acceptors (Lipinski definition) is 5. The maximum atomic E-state index is 12.8. The van der Waals surface area contributed by atoms with Crippen LogP contribution in [0.15, 0.2) is 70.0 Å². The molecule has 1 amide bonds. The van der Waals surface area contributed by atoms with Crippen molar-refractivity contribution in [1.82, 2.24) is 4.98 Å². The second-order valence-corrected chi connectivity index (χ2v) is 9.08. The minimum Gasteiger partial charge on any atom is -0.441 e. The highest BCUT2D eigenvalue weighted by Gasteiger charge is 2.19. The fraction of sp³-hybridized carbons (Fsp3) is 0.0909. The molecule has 0 aliphatic rings. The number of amides is 1. The Kier molecular flexibility index (Phi) is 5.43. The van der Waals surface area contributed by atoms with Gasteiger partial charge >= 0.3 is 0 Å². The summed E-state index contributed by atoms with van der Waals surface area (Å²) in [5.74, 6) is -0.0299. The average molecular weight is 456 g/mol. The lowest BCUT2D eigenvalue weighted by Gasteiger charge is -2.11. The molecule has 0 spiro atoms. The first-order chi connectivity index (χ1) is 14.7. The molecule has 0 radical (unpaired) electrons. The standard InChI is InChI=1S/C22H18ClN3O4S/c1-13-4-3-5-16(10-13)26-31(28,29)17-7-8-19(23)18(12-17)22(27)25-15-6-9-21-20(11-15)24-14(2)30-21/h3-12,26H,1-2H3,(H,25,27). The highest BCUT2D eigenvalue weighted by molar-refractivity contribution is 7.92. The predicted molar refractivity (Wildman–Crippen MR) is 120 cm³/mol. The topological polar surface area (TPSA) is 101 Å². The number of nitrogens with zero attached hydrogens (tertiary/aromatic N) is 1. The number of nitrogens with one attached hydrogen (secondary N) is 2. The van der Waals surface area contributed by atoms with Crippen LogP contribution in [0, 0.1) is 13.8 Å². The van der Waals surface area contributed by atoms with Crippen LogP contribution in [0.5, 0.6) is 0 Å². The zero-order valence-corrected chi connectivity index (χ0v) is 18.2. The zero-order chi connectivity index (χ0) is 22.2. The first kappa shape index (κ1) is 20.9. The lowest BCUT2D eigenvalue weighted by molar-refractivity contribution is 0.102. The normalized spacial score (nSPS) is 11.5. The van der Waals surface area contributed by atoms with Gasteiger partial charge < -0.3 is 9.73 Å². The van der Waals surface area contributed by atoms with Gasteiger partial charge in [-0.3, -0.25) is 9.52 Å². The molecular weight excluding hydrogens is 438 g/mol. The summed E-state index contributed by atoms with van der Waals surface area (Å²) in [5.41, 5.74) is 3.05. The number of aryl methyl sites for hydroxylation is 2. The highest BCUT2D eigenvalue weighted by Crippen LogP contribution is 2.25. The van der Waals surface area contributed by atoms with Crippen LogP contribution < -0.4 is 10.0 Å². The maximum Gasteiger partial charge on any atom is 0.261 e. The first-order valence-corrected chi connectivity index (χ1v) is 11.1. The van der Waals surface area contributed by atoms with Crippen molar-refractivity contribution >= 4 is 50.0 Å². The molecule has 0 aliphatic carbocycles. The minimum absolute atomic E-state index is 0.0326. The molecule has 31 heavy (non-hydrogen) atoms. The molecule has 0 aliphatic heterocycles. The molecule has 1 aromatic heterocycles. The van der Waals surface area contributed by atoms with Gasteiger partial charge in [-0.25, -0.2) is 13.4 Å². The van der Waals surface area contributed by atoms with Gasteiger partial charge in [0, 0.05) is 18.3 Å². The summed E-state index contributed by atoms with van der Waals surface area (Å²) in [7, 11) is -3.91. The van der Waals surface area contributed by atoms with Crippen molar-refractivity contribution in [3.8, 4) is 0 Å². The first-order valence-electron chi connectivity index (χ1n) is 9.29. The van der Waals surface area contributed by atoms with E-state index in [0.29, 0.717) is 28.4 Å².